The van der Waals surface area contributed by atoms with Gasteiger partial charge in [-0.15, -0.1) is 0 Å². The first-order valence-corrected chi connectivity index (χ1v) is 8.21. The maximum atomic E-state index is 10.3. The van der Waals surface area contributed by atoms with Crippen molar-refractivity contribution in [3.05, 3.63) is 58.7 Å². The van der Waals surface area contributed by atoms with Gasteiger partial charge in [0.25, 0.3) is 0 Å². The number of hydrogen-bond acceptors (Lipinski definition) is 4. The van der Waals surface area contributed by atoms with Crippen LogP contribution in [0.25, 0.3) is 0 Å². The van der Waals surface area contributed by atoms with Gasteiger partial charge in [0.05, 0.1) is 0 Å². The van der Waals surface area contributed by atoms with Gasteiger partial charge in [0.2, 0.25) is 0 Å². The molecule has 2 nitrogen and oxygen atoms in total. The van der Waals surface area contributed by atoms with Crippen LogP contribution < -0.4 is 0 Å². The maximum absolute atomic E-state index is 10.3. The number of rotatable bonds is 0. The Balaban J connectivity index is 2.15. The van der Waals surface area contributed by atoms with E-state index in [1.54, 1.807) is 11.8 Å². The summed E-state index contributed by atoms with van der Waals surface area (Å²) in [5.74, 6) is 0. The van der Waals surface area contributed by atoms with E-state index in [2.05, 4.69) is 12.1 Å². The molecule has 2 aromatic carbocycles. The molecule has 2 unspecified atom stereocenters. The van der Waals surface area contributed by atoms with Gasteiger partial charge in [-0.25, -0.2) is 0 Å². The molecule has 1 heterocycles. The van der Waals surface area contributed by atoms with Crippen molar-refractivity contribution in [2.45, 2.75) is 34.5 Å². The molecule has 0 aliphatic carbocycles. The Morgan fingerprint density at radius 1 is 0.800 bits per heavy atom. The molecule has 3 rings (SSSR count). The molecule has 0 fully saturated rings. The first-order chi connectivity index (χ1) is 9.54. The van der Waals surface area contributed by atoms with Crippen LogP contribution in [0.4, 0.5) is 0 Å². The van der Waals surface area contributed by atoms with Crippen molar-refractivity contribution >= 4 is 23.5 Å². The summed E-state index contributed by atoms with van der Waals surface area (Å²) in [5, 5.41) is 20.6. The van der Waals surface area contributed by atoms with E-state index in [4.69, 9.17) is 0 Å². The van der Waals surface area contributed by atoms with Gasteiger partial charge in [0, 0.05) is 20.9 Å². The van der Waals surface area contributed by atoms with E-state index in [1.165, 1.54) is 22.9 Å². The molecule has 2 aromatic rings. The minimum absolute atomic E-state index is 0.706. The Kier molecular flexibility index (Phi) is 3.82. The van der Waals surface area contributed by atoms with Crippen molar-refractivity contribution in [2.24, 2.45) is 0 Å². The van der Waals surface area contributed by atoms with Crippen LogP contribution in [0.2, 0.25) is 0 Å². The van der Waals surface area contributed by atoms with Crippen LogP contribution in [0.3, 0.4) is 0 Å². The fourth-order valence-corrected chi connectivity index (χ4v) is 4.67. The number of aryl methyl sites for hydroxylation is 2. The van der Waals surface area contributed by atoms with Gasteiger partial charge >= 0.3 is 0 Å². The standard InChI is InChI=1S/C16H16O2S2/c1-9-3-5-11-13(7-9)19-14-8-10(2)4-6-12(14)16(18)20-15(11)17/h3-8,15-18H,1-2H3. The van der Waals surface area contributed by atoms with E-state index in [1.807, 2.05) is 38.1 Å². The summed E-state index contributed by atoms with van der Waals surface area (Å²) in [6.45, 7) is 4.09. The number of benzene rings is 2. The average molecular weight is 304 g/mol. The SMILES string of the molecule is Cc1ccc2c(c1)Sc1cc(C)ccc1C(O)SC2O. The zero-order valence-electron chi connectivity index (χ0n) is 11.3. The van der Waals surface area contributed by atoms with E-state index < -0.39 is 10.9 Å². The summed E-state index contributed by atoms with van der Waals surface area (Å²) >= 11 is 2.79. The molecule has 0 saturated carbocycles. The highest BCUT2D eigenvalue weighted by molar-refractivity contribution is 8.01. The minimum Gasteiger partial charge on any atom is -0.378 e. The Hall–Kier alpha value is -0.940. The molecule has 0 bridgehead atoms. The van der Waals surface area contributed by atoms with Crippen LogP contribution in [0.15, 0.2) is 46.2 Å². The van der Waals surface area contributed by atoms with Gasteiger partial charge in [0.15, 0.2) is 0 Å². The highest BCUT2D eigenvalue weighted by Crippen LogP contribution is 2.48. The molecule has 0 saturated heterocycles. The summed E-state index contributed by atoms with van der Waals surface area (Å²) in [4.78, 5) is 2.12. The van der Waals surface area contributed by atoms with Crippen LogP contribution in [0.5, 0.6) is 0 Å². The van der Waals surface area contributed by atoms with Gasteiger partial charge in [-0.2, -0.15) is 0 Å². The molecule has 2 N–H and O–H groups in total. The Morgan fingerprint density at radius 2 is 1.25 bits per heavy atom. The molecule has 4 heteroatoms. The molecule has 0 radical (unpaired) electrons. The number of thioether (sulfide) groups is 1. The predicted molar refractivity (Wildman–Crippen MR) is 84.0 cm³/mol. The van der Waals surface area contributed by atoms with Crippen molar-refractivity contribution in [1.29, 1.82) is 0 Å². The summed E-state index contributed by atoms with van der Waals surface area (Å²) < 4.78 is 0. The predicted octanol–water partition coefficient (Wildman–Crippen LogP) is 4.18. The monoisotopic (exact) mass is 304 g/mol. The molecular formula is C16H16O2S2. The normalized spacial score (nSPS) is 21.6. The van der Waals surface area contributed by atoms with E-state index in [-0.39, 0.29) is 0 Å². The van der Waals surface area contributed by atoms with Crippen LogP contribution in [0.1, 0.15) is 33.1 Å². The summed E-state index contributed by atoms with van der Waals surface area (Å²) in [7, 11) is 0. The lowest BCUT2D eigenvalue weighted by Crippen LogP contribution is -2.05. The summed E-state index contributed by atoms with van der Waals surface area (Å²) in [6, 6.07) is 12.1. The van der Waals surface area contributed by atoms with Crippen LogP contribution in [-0.4, -0.2) is 10.2 Å². The van der Waals surface area contributed by atoms with Crippen molar-refractivity contribution < 1.29 is 10.2 Å². The molecule has 1 aliphatic heterocycles. The van der Waals surface area contributed by atoms with Gasteiger partial charge < -0.3 is 10.2 Å². The smallest absolute Gasteiger partial charge is 0.129 e. The fraction of sp³-hybridized carbons (Fsp3) is 0.250. The largest absolute Gasteiger partial charge is 0.378 e. The Morgan fingerprint density at radius 3 is 1.70 bits per heavy atom. The van der Waals surface area contributed by atoms with Crippen molar-refractivity contribution in [3.8, 4) is 0 Å². The van der Waals surface area contributed by atoms with Crippen molar-refractivity contribution in [3.63, 3.8) is 0 Å². The van der Waals surface area contributed by atoms with Gasteiger partial charge in [-0.05, 0) is 37.1 Å². The van der Waals surface area contributed by atoms with Crippen molar-refractivity contribution in [2.75, 3.05) is 0 Å². The van der Waals surface area contributed by atoms with Gasteiger partial charge in [-0.1, -0.05) is 47.8 Å². The second-order valence-corrected chi connectivity index (χ2v) is 7.27. The highest BCUT2D eigenvalue weighted by atomic mass is 32.2. The number of hydrogen-bond donors (Lipinski definition) is 2. The molecule has 0 spiro atoms. The molecule has 104 valence electrons. The van der Waals surface area contributed by atoms with Gasteiger partial charge in [0.1, 0.15) is 10.9 Å². The lowest BCUT2D eigenvalue weighted by atomic mass is 10.1. The lowest BCUT2D eigenvalue weighted by molar-refractivity contribution is 0.237. The first kappa shape index (κ1) is 14.0. The Bertz CT molecular complexity index is 599. The molecule has 0 amide bonds. The second-order valence-electron chi connectivity index (χ2n) is 5.03. The molecule has 1 aliphatic rings. The second kappa shape index (κ2) is 5.45. The van der Waals surface area contributed by atoms with Crippen LogP contribution in [0, 0.1) is 13.8 Å². The quantitative estimate of drug-likeness (QED) is 0.766. The third-order valence-electron chi connectivity index (χ3n) is 3.35. The lowest BCUT2D eigenvalue weighted by Gasteiger charge is -2.24. The van der Waals surface area contributed by atoms with E-state index in [9.17, 15) is 10.2 Å². The number of fused-ring (bicyclic) bond motifs is 2. The molecule has 0 aromatic heterocycles. The average Bonchev–Trinajstić information content (AvgIpc) is 2.37. The van der Waals surface area contributed by atoms with Crippen LogP contribution in [-0.2, 0) is 0 Å². The van der Waals surface area contributed by atoms with E-state index >= 15 is 0 Å². The first-order valence-electron chi connectivity index (χ1n) is 6.45. The van der Waals surface area contributed by atoms with E-state index in [0.717, 1.165) is 20.9 Å². The zero-order chi connectivity index (χ0) is 14.3. The van der Waals surface area contributed by atoms with Crippen molar-refractivity contribution in [1.82, 2.24) is 0 Å². The molecular weight excluding hydrogens is 288 g/mol. The number of aliphatic hydroxyl groups is 2. The fourth-order valence-electron chi connectivity index (χ4n) is 2.26. The van der Waals surface area contributed by atoms with Gasteiger partial charge in [-0.3, -0.25) is 0 Å². The summed E-state index contributed by atoms with van der Waals surface area (Å²) in [6.07, 6.45) is 0. The maximum Gasteiger partial charge on any atom is 0.129 e. The highest BCUT2D eigenvalue weighted by Gasteiger charge is 2.25. The zero-order valence-corrected chi connectivity index (χ0v) is 13.0. The minimum atomic E-state index is -0.706. The third kappa shape index (κ3) is 2.61. The summed E-state index contributed by atoms with van der Waals surface area (Å²) in [5.41, 5.74) is 2.67. The topological polar surface area (TPSA) is 40.5 Å². The Labute approximate surface area is 127 Å². The van der Waals surface area contributed by atoms with Crippen LogP contribution >= 0.6 is 23.5 Å². The molecule has 20 heavy (non-hydrogen) atoms. The molecule has 2 atom stereocenters. The third-order valence-corrected chi connectivity index (χ3v) is 5.52. The van der Waals surface area contributed by atoms with E-state index in [0.29, 0.717) is 0 Å². The number of aliphatic hydroxyl groups excluding tert-OH is 2.